The van der Waals surface area contributed by atoms with Crippen molar-refractivity contribution in [2.45, 2.75) is 51.6 Å². The molecule has 2 rings (SSSR count). The van der Waals surface area contributed by atoms with Crippen LogP contribution in [0.4, 0.5) is 5.13 Å². The van der Waals surface area contributed by atoms with Crippen LogP contribution in [-0.4, -0.2) is 25.1 Å². The second-order valence-corrected chi connectivity index (χ2v) is 6.44. The van der Waals surface area contributed by atoms with Crippen molar-refractivity contribution in [2.75, 3.05) is 19.0 Å². The normalized spacial score (nSPS) is 26.0. The van der Waals surface area contributed by atoms with Gasteiger partial charge in [-0.3, -0.25) is 0 Å². The summed E-state index contributed by atoms with van der Waals surface area (Å²) in [6.07, 6.45) is 5.38. The third kappa shape index (κ3) is 3.04. The quantitative estimate of drug-likeness (QED) is 0.906. The Kier molecular flexibility index (Phi) is 4.62. The van der Waals surface area contributed by atoms with Crippen molar-refractivity contribution in [1.82, 2.24) is 10.3 Å². The van der Waals surface area contributed by atoms with Crippen LogP contribution in [0.25, 0.3) is 0 Å². The van der Waals surface area contributed by atoms with E-state index < -0.39 is 0 Å². The first-order chi connectivity index (χ1) is 8.61. The number of nitrogens with zero attached hydrogens (tertiary/aromatic N) is 2. The minimum absolute atomic E-state index is 0.341. The Hall–Kier alpha value is -0.610. The zero-order chi connectivity index (χ0) is 13.1. The molecule has 1 aliphatic rings. The number of thiazole rings is 1. The lowest BCUT2D eigenvalue weighted by Crippen LogP contribution is -2.35. The third-order valence-electron chi connectivity index (χ3n) is 4.14. The van der Waals surface area contributed by atoms with Gasteiger partial charge in [-0.1, -0.05) is 19.8 Å². The molecule has 0 radical (unpaired) electrons. The van der Waals surface area contributed by atoms with Gasteiger partial charge in [-0.15, -0.1) is 11.3 Å². The summed E-state index contributed by atoms with van der Waals surface area (Å²) in [5.41, 5.74) is 1.16. The van der Waals surface area contributed by atoms with E-state index in [1.165, 1.54) is 30.8 Å². The van der Waals surface area contributed by atoms with Gasteiger partial charge in [-0.05, 0) is 32.7 Å². The number of rotatable bonds is 4. The molecule has 0 aromatic carbocycles. The van der Waals surface area contributed by atoms with Gasteiger partial charge in [-0.2, -0.15) is 0 Å². The monoisotopic (exact) mass is 267 g/mol. The summed E-state index contributed by atoms with van der Waals surface area (Å²) in [4.78, 5) is 7.16. The van der Waals surface area contributed by atoms with Crippen LogP contribution < -0.4 is 10.2 Å². The van der Waals surface area contributed by atoms with E-state index in [9.17, 15) is 0 Å². The van der Waals surface area contributed by atoms with Crippen molar-refractivity contribution < 1.29 is 0 Å². The summed E-state index contributed by atoms with van der Waals surface area (Å²) < 4.78 is 0. The minimum atomic E-state index is 0.341. The van der Waals surface area contributed by atoms with Gasteiger partial charge in [-0.25, -0.2) is 4.98 Å². The molecule has 1 N–H and O–H groups in total. The molecule has 18 heavy (non-hydrogen) atoms. The van der Waals surface area contributed by atoms with E-state index in [1.807, 2.05) is 7.05 Å². The predicted octanol–water partition coefficient (Wildman–Crippen LogP) is 3.44. The molecule has 1 heterocycles. The smallest absolute Gasteiger partial charge is 0.185 e. The maximum Gasteiger partial charge on any atom is 0.185 e. The largest absolute Gasteiger partial charge is 0.348 e. The molecular weight excluding hydrogens is 242 g/mol. The highest BCUT2D eigenvalue weighted by Gasteiger charge is 2.24. The Morgan fingerprint density at radius 2 is 2.28 bits per heavy atom. The lowest BCUT2D eigenvalue weighted by atomic mass is 9.86. The minimum Gasteiger partial charge on any atom is -0.348 e. The lowest BCUT2D eigenvalue weighted by molar-refractivity contribution is 0.336. The van der Waals surface area contributed by atoms with Crippen molar-refractivity contribution in [3.05, 3.63) is 11.1 Å². The average molecular weight is 267 g/mol. The van der Waals surface area contributed by atoms with Crippen molar-refractivity contribution in [3.63, 3.8) is 0 Å². The first kappa shape index (κ1) is 13.8. The van der Waals surface area contributed by atoms with Gasteiger partial charge in [0.05, 0.1) is 5.69 Å². The molecule has 0 bridgehead atoms. The van der Waals surface area contributed by atoms with Crippen molar-refractivity contribution in [3.8, 4) is 0 Å². The summed E-state index contributed by atoms with van der Waals surface area (Å²) >= 11 is 1.77. The molecule has 3 nitrogen and oxygen atoms in total. The second kappa shape index (κ2) is 6.02. The highest BCUT2D eigenvalue weighted by Crippen LogP contribution is 2.31. The Bertz CT molecular complexity index is 377. The van der Waals surface area contributed by atoms with E-state index in [2.05, 4.69) is 36.5 Å². The van der Waals surface area contributed by atoms with E-state index in [4.69, 9.17) is 4.98 Å². The molecule has 1 aromatic heterocycles. The van der Waals surface area contributed by atoms with E-state index >= 15 is 0 Å². The molecule has 4 heteroatoms. The lowest BCUT2D eigenvalue weighted by Gasteiger charge is -2.34. The zero-order valence-electron chi connectivity index (χ0n) is 11.9. The van der Waals surface area contributed by atoms with Gasteiger partial charge in [0.25, 0.3) is 0 Å². The van der Waals surface area contributed by atoms with Crippen molar-refractivity contribution >= 4 is 16.5 Å². The summed E-state index contributed by atoms with van der Waals surface area (Å²) in [5, 5.41) is 6.60. The molecule has 0 amide bonds. The first-order valence-electron chi connectivity index (χ1n) is 6.97. The fourth-order valence-electron chi connectivity index (χ4n) is 2.70. The SMILES string of the molecule is CNC(C)c1csc(N(C)C2CCCC(C)C2)n1. The molecule has 1 fully saturated rings. The molecule has 1 saturated carbocycles. The van der Waals surface area contributed by atoms with Gasteiger partial charge in [0, 0.05) is 24.5 Å². The van der Waals surface area contributed by atoms with E-state index in [0.717, 1.165) is 11.6 Å². The van der Waals surface area contributed by atoms with Crippen LogP contribution in [0.5, 0.6) is 0 Å². The van der Waals surface area contributed by atoms with Gasteiger partial charge < -0.3 is 10.2 Å². The number of hydrogen-bond donors (Lipinski definition) is 1. The van der Waals surface area contributed by atoms with Crippen LogP contribution in [0.3, 0.4) is 0 Å². The molecule has 1 aromatic rings. The second-order valence-electron chi connectivity index (χ2n) is 5.60. The van der Waals surface area contributed by atoms with E-state index in [1.54, 1.807) is 11.3 Å². The van der Waals surface area contributed by atoms with Crippen molar-refractivity contribution in [2.24, 2.45) is 5.92 Å². The van der Waals surface area contributed by atoms with Crippen LogP contribution in [0.1, 0.15) is 51.3 Å². The molecule has 3 atom stereocenters. The molecule has 3 unspecified atom stereocenters. The van der Waals surface area contributed by atoms with Crippen LogP contribution >= 0.6 is 11.3 Å². The Balaban J connectivity index is 2.03. The van der Waals surface area contributed by atoms with Crippen LogP contribution in [0.2, 0.25) is 0 Å². The van der Waals surface area contributed by atoms with Crippen molar-refractivity contribution in [1.29, 1.82) is 0 Å². The summed E-state index contributed by atoms with van der Waals surface area (Å²) in [6.45, 7) is 4.53. The maximum atomic E-state index is 4.76. The number of anilines is 1. The first-order valence-corrected chi connectivity index (χ1v) is 7.85. The Morgan fingerprint density at radius 1 is 1.50 bits per heavy atom. The molecule has 0 spiro atoms. The third-order valence-corrected chi connectivity index (χ3v) is 5.09. The standard InChI is InChI=1S/C14H25N3S/c1-10-6-5-7-12(8-10)17(4)14-16-13(9-18-14)11(2)15-3/h9-12,15H,5-8H2,1-4H3. The summed E-state index contributed by atoms with van der Waals surface area (Å²) in [7, 11) is 4.19. The summed E-state index contributed by atoms with van der Waals surface area (Å²) in [5.74, 6) is 0.863. The average Bonchev–Trinajstić information content (AvgIpc) is 2.86. The molecule has 102 valence electrons. The van der Waals surface area contributed by atoms with Crippen LogP contribution in [0, 0.1) is 5.92 Å². The van der Waals surface area contributed by atoms with E-state index in [0.29, 0.717) is 12.1 Å². The van der Waals surface area contributed by atoms with Crippen LogP contribution in [0.15, 0.2) is 5.38 Å². The molecule has 1 aliphatic carbocycles. The Morgan fingerprint density at radius 3 is 2.94 bits per heavy atom. The fourth-order valence-corrected chi connectivity index (χ4v) is 3.65. The van der Waals surface area contributed by atoms with Crippen LogP contribution in [-0.2, 0) is 0 Å². The maximum absolute atomic E-state index is 4.76. The number of hydrogen-bond acceptors (Lipinski definition) is 4. The highest BCUT2D eigenvalue weighted by molar-refractivity contribution is 7.13. The zero-order valence-corrected chi connectivity index (χ0v) is 12.8. The topological polar surface area (TPSA) is 28.2 Å². The number of nitrogens with one attached hydrogen (secondary N) is 1. The molecular formula is C14H25N3S. The predicted molar refractivity (Wildman–Crippen MR) is 79.4 cm³/mol. The fraction of sp³-hybridized carbons (Fsp3) is 0.786. The molecule has 0 aliphatic heterocycles. The Labute approximate surface area is 115 Å². The van der Waals surface area contributed by atoms with Gasteiger partial charge in [0.1, 0.15) is 0 Å². The highest BCUT2D eigenvalue weighted by atomic mass is 32.1. The van der Waals surface area contributed by atoms with Gasteiger partial charge >= 0.3 is 0 Å². The number of aromatic nitrogens is 1. The van der Waals surface area contributed by atoms with Gasteiger partial charge in [0.15, 0.2) is 5.13 Å². The molecule has 0 saturated heterocycles. The van der Waals surface area contributed by atoms with E-state index in [-0.39, 0.29) is 0 Å². The summed E-state index contributed by atoms with van der Waals surface area (Å²) in [6, 6.07) is 1.02. The van der Waals surface area contributed by atoms with Gasteiger partial charge in [0.2, 0.25) is 0 Å².